The largest absolute Gasteiger partial charge is 0.481 e. The molecule has 1 amide bonds. The second-order valence-corrected chi connectivity index (χ2v) is 8.56. The molecule has 35 heavy (non-hydrogen) atoms. The third-order valence-electron chi connectivity index (χ3n) is 5.46. The molecule has 184 valence electrons. The zero-order chi connectivity index (χ0) is 25.5. The highest BCUT2D eigenvalue weighted by atomic mass is 35.5. The molecule has 0 bridgehead atoms. The van der Waals surface area contributed by atoms with Crippen LogP contribution in [0.1, 0.15) is 57.9 Å². The minimum Gasteiger partial charge on any atom is -0.481 e. The number of hydrogen-bond acceptors (Lipinski definition) is 3. The lowest BCUT2D eigenvalue weighted by atomic mass is 10.0. The van der Waals surface area contributed by atoms with Crippen molar-refractivity contribution in [1.29, 1.82) is 0 Å². The first kappa shape index (κ1) is 26.2. The van der Waals surface area contributed by atoms with E-state index in [1.54, 1.807) is 6.07 Å². The second kappa shape index (κ2) is 11.8. The zero-order valence-corrected chi connectivity index (χ0v) is 20.2. The molecule has 3 aromatic rings. The van der Waals surface area contributed by atoms with Crippen LogP contribution in [0.5, 0.6) is 11.5 Å². The average molecular weight is 502 g/mol. The van der Waals surface area contributed by atoms with Crippen LogP contribution >= 0.6 is 11.6 Å². The van der Waals surface area contributed by atoms with Crippen LogP contribution in [-0.2, 0) is 24.2 Å². The third-order valence-corrected chi connectivity index (χ3v) is 5.77. The van der Waals surface area contributed by atoms with E-state index >= 15 is 0 Å². The molecule has 5 nitrogen and oxygen atoms in total. The smallest absolute Gasteiger partial charge is 0.303 e. The predicted octanol–water partition coefficient (Wildman–Crippen LogP) is 6.89. The number of carbonyl (C=O) groups is 2. The number of amides is 1. The van der Waals surface area contributed by atoms with Crippen molar-refractivity contribution in [3.63, 3.8) is 0 Å². The highest BCUT2D eigenvalue weighted by Crippen LogP contribution is 2.28. The van der Waals surface area contributed by atoms with Gasteiger partial charge in [-0.1, -0.05) is 36.7 Å². The molecule has 0 spiro atoms. The Kier molecular flexibility index (Phi) is 8.82. The van der Waals surface area contributed by atoms with Crippen molar-refractivity contribution >= 4 is 23.5 Å². The maximum atomic E-state index is 12.8. The summed E-state index contributed by atoms with van der Waals surface area (Å²) in [6.07, 6.45) is -1.38. The molecule has 0 aliphatic carbocycles. The molecule has 0 aliphatic rings. The minimum absolute atomic E-state index is 0.0351. The summed E-state index contributed by atoms with van der Waals surface area (Å²) in [5.74, 6) is -0.0788. The molecular formula is C27H26ClF2NO4. The average Bonchev–Trinajstić information content (AvgIpc) is 2.81. The first-order chi connectivity index (χ1) is 16.7. The number of carbonyl (C=O) groups excluding carboxylic acids is 1. The van der Waals surface area contributed by atoms with E-state index in [4.69, 9.17) is 21.4 Å². The Labute approximate surface area is 207 Å². The lowest BCUT2D eigenvalue weighted by Crippen LogP contribution is -2.23. The van der Waals surface area contributed by atoms with Gasteiger partial charge in [-0.15, -0.1) is 0 Å². The van der Waals surface area contributed by atoms with E-state index in [1.165, 1.54) is 12.1 Å². The Hall–Kier alpha value is -3.45. The maximum Gasteiger partial charge on any atom is 0.303 e. The van der Waals surface area contributed by atoms with Crippen LogP contribution in [0.2, 0.25) is 5.02 Å². The number of carboxylic acid groups (broad SMARTS) is 1. The molecule has 0 aliphatic heterocycles. The molecule has 0 heterocycles. The van der Waals surface area contributed by atoms with Gasteiger partial charge in [0, 0.05) is 18.5 Å². The number of aliphatic carboxylic acids is 1. The number of rotatable bonds is 10. The van der Waals surface area contributed by atoms with Gasteiger partial charge < -0.3 is 15.2 Å². The normalized spacial score (nSPS) is 10.9. The number of aryl methyl sites for hydroxylation is 3. The quantitative estimate of drug-likeness (QED) is 0.317. The van der Waals surface area contributed by atoms with Crippen LogP contribution in [0, 0.1) is 6.92 Å². The molecule has 0 radical (unpaired) electrons. The van der Waals surface area contributed by atoms with Crippen LogP contribution in [0.3, 0.4) is 0 Å². The number of hydrogen-bond donors (Lipinski definition) is 2. The molecule has 0 fully saturated rings. The molecule has 8 heteroatoms. The highest BCUT2D eigenvalue weighted by Gasteiger charge is 2.15. The molecule has 0 saturated heterocycles. The molecule has 2 N–H and O–H groups in total. The summed E-state index contributed by atoms with van der Waals surface area (Å²) in [6, 6.07) is 14.7. The van der Waals surface area contributed by atoms with Crippen LogP contribution in [0.25, 0.3) is 0 Å². The molecule has 0 aromatic heterocycles. The van der Waals surface area contributed by atoms with Gasteiger partial charge in [0.1, 0.15) is 11.5 Å². The SMILES string of the molecule is CCc1cc(Oc2cc(C)cc(CNC(=O)c3ccc(C(F)F)cc3Cl)c2)ccc1CCC(=O)O. The first-order valence-electron chi connectivity index (χ1n) is 11.1. The van der Waals surface area contributed by atoms with E-state index in [0.29, 0.717) is 17.9 Å². The van der Waals surface area contributed by atoms with Gasteiger partial charge in [0.2, 0.25) is 0 Å². The lowest BCUT2D eigenvalue weighted by Gasteiger charge is -2.13. The van der Waals surface area contributed by atoms with Crippen molar-refractivity contribution in [2.75, 3.05) is 0 Å². The number of carboxylic acids is 1. The Morgan fingerprint density at radius 1 is 1.03 bits per heavy atom. The highest BCUT2D eigenvalue weighted by molar-refractivity contribution is 6.33. The van der Waals surface area contributed by atoms with E-state index in [9.17, 15) is 18.4 Å². The summed E-state index contributed by atoms with van der Waals surface area (Å²) in [6.45, 7) is 4.10. The van der Waals surface area contributed by atoms with Crippen LogP contribution in [0.15, 0.2) is 54.6 Å². The first-order valence-corrected chi connectivity index (χ1v) is 11.5. The number of nitrogens with one attached hydrogen (secondary N) is 1. The van der Waals surface area contributed by atoms with Gasteiger partial charge in [0.15, 0.2) is 0 Å². The number of ether oxygens (including phenoxy) is 1. The van der Waals surface area contributed by atoms with E-state index in [2.05, 4.69) is 5.32 Å². The topological polar surface area (TPSA) is 75.6 Å². The van der Waals surface area contributed by atoms with Gasteiger partial charge >= 0.3 is 5.97 Å². The summed E-state index contributed by atoms with van der Waals surface area (Å²) in [5, 5.41) is 11.7. The molecule has 0 unspecified atom stereocenters. The number of halogens is 3. The van der Waals surface area contributed by atoms with Crippen molar-refractivity contribution in [2.24, 2.45) is 0 Å². The second-order valence-electron chi connectivity index (χ2n) is 8.16. The fraction of sp³-hybridized carbons (Fsp3) is 0.259. The van der Waals surface area contributed by atoms with Gasteiger partial charge in [-0.05, 0) is 78.4 Å². The minimum atomic E-state index is -2.66. The summed E-state index contributed by atoms with van der Waals surface area (Å²) in [5.41, 5.74) is 3.61. The van der Waals surface area contributed by atoms with E-state index in [0.717, 1.165) is 34.7 Å². The van der Waals surface area contributed by atoms with Crippen molar-refractivity contribution in [2.45, 2.75) is 46.1 Å². The summed E-state index contributed by atoms with van der Waals surface area (Å²) in [4.78, 5) is 23.4. The van der Waals surface area contributed by atoms with E-state index in [-0.39, 0.29) is 29.1 Å². The van der Waals surface area contributed by atoms with Crippen molar-refractivity contribution in [3.05, 3.63) is 93.0 Å². The van der Waals surface area contributed by atoms with Crippen molar-refractivity contribution in [1.82, 2.24) is 5.32 Å². The summed E-state index contributed by atoms with van der Waals surface area (Å²) in [7, 11) is 0. The van der Waals surface area contributed by atoms with Crippen LogP contribution in [-0.4, -0.2) is 17.0 Å². The molecule has 3 rings (SSSR count). The van der Waals surface area contributed by atoms with Gasteiger partial charge in [0.05, 0.1) is 10.6 Å². The molecule has 3 aromatic carbocycles. The standard InChI is InChI=1S/C27H26ClF2NO4/c1-3-18-13-21(7-4-19(18)6-9-25(32)33)35-22-11-16(2)10-17(12-22)15-31-27(34)23-8-5-20(26(29)30)14-24(23)28/h4-5,7-8,10-14,26H,3,6,9,15H2,1-2H3,(H,31,34)(H,32,33). The molecular weight excluding hydrogens is 476 g/mol. The fourth-order valence-electron chi connectivity index (χ4n) is 3.73. The molecule has 0 saturated carbocycles. The lowest BCUT2D eigenvalue weighted by molar-refractivity contribution is -0.136. The van der Waals surface area contributed by atoms with Crippen LogP contribution < -0.4 is 10.1 Å². The van der Waals surface area contributed by atoms with Gasteiger partial charge in [-0.2, -0.15) is 0 Å². The van der Waals surface area contributed by atoms with E-state index < -0.39 is 18.3 Å². The Morgan fingerprint density at radius 3 is 2.46 bits per heavy atom. The van der Waals surface area contributed by atoms with Crippen molar-refractivity contribution < 1.29 is 28.2 Å². The van der Waals surface area contributed by atoms with E-state index in [1.807, 2.05) is 44.2 Å². The third kappa shape index (κ3) is 7.26. The number of alkyl halides is 2. The summed E-state index contributed by atoms with van der Waals surface area (Å²) >= 11 is 6.02. The molecule has 0 atom stereocenters. The van der Waals surface area contributed by atoms with Gasteiger partial charge in [-0.25, -0.2) is 8.78 Å². The number of benzene rings is 3. The predicted molar refractivity (Wildman–Crippen MR) is 131 cm³/mol. The summed E-state index contributed by atoms with van der Waals surface area (Å²) < 4.78 is 31.7. The van der Waals surface area contributed by atoms with Gasteiger partial charge in [-0.3, -0.25) is 9.59 Å². The Morgan fingerprint density at radius 2 is 1.80 bits per heavy atom. The Bertz CT molecular complexity index is 1230. The zero-order valence-electron chi connectivity index (χ0n) is 19.4. The maximum absolute atomic E-state index is 12.8. The Balaban J connectivity index is 1.70. The fourth-order valence-corrected chi connectivity index (χ4v) is 4.01. The van der Waals surface area contributed by atoms with Crippen molar-refractivity contribution in [3.8, 4) is 11.5 Å². The van der Waals surface area contributed by atoms with Crippen LogP contribution in [0.4, 0.5) is 8.78 Å². The van der Waals surface area contributed by atoms with Gasteiger partial charge in [0.25, 0.3) is 12.3 Å². The monoisotopic (exact) mass is 501 g/mol.